The minimum Gasteiger partial charge on any atom is -0.494 e. The second kappa shape index (κ2) is 9.36. The highest BCUT2D eigenvalue weighted by atomic mass is 19.1. The Balaban J connectivity index is 1.35. The number of carbonyl (C=O) groups excluding carboxylic acids is 1. The zero-order chi connectivity index (χ0) is 25.4. The lowest BCUT2D eigenvalue weighted by Crippen LogP contribution is -2.47. The van der Waals surface area contributed by atoms with Gasteiger partial charge in [-0.25, -0.2) is 14.4 Å². The Morgan fingerprint density at radius 1 is 1.22 bits per heavy atom. The number of piperazine rings is 1. The van der Waals surface area contributed by atoms with E-state index in [4.69, 9.17) is 9.84 Å². The van der Waals surface area contributed by atoms with Gasteiger partial charge in [-0.2, -0.15) is 0 Å². The minimum absolute atomic E-state index is 0.151. The van der Waals surface area contributed by atoms with E-state index in [1.54, 1.807) is 32.1 Å². The van der Waals surface area contributed by atoms with Gasteiger partial charge in [-0.1, -0.05) is 0 Å². The first-order chi connectivity index (χ1) is 17.2. The number of benzene rings is 1. The fourth-order valence-corrected chi connectivity index (χ4v) is 4.57. The summed E-state index contributed by atoms with van der Waals surface area (Å²) in [5, 5.41) is 20.1. The normalized spacial score (nSPS) is 19.1. The Labute approximate surface area is 207 Å². The molecule has 1 amide bonds. The molecular formula is C26H28FN5O4. The molecule has 3 N–H and O–H groups in total. The number of aromatic nitrogens is 2. The van der Waals surface area contributed by atoms with Gasteiger partial charge in [0.2, 0.25) is 5.88 Å². The van der Waals surface area contributed by atoms with E-state index >= 15 is 0 Å². The lowest BCUT2D eigenvalue weighted by Gasteiger charge is -2.35. The number of H-pyrrole nitrogens is 1. The van der Waals surface area contributed by atoms with Crippen LogP contribution in [0.15, 0.2) is 47.6 Å². The number of amides is 1. The second-order valence-corrected chi connectivity index (χ2v) is 9.42. The number of hydrogen-bond donors (Lipinski definition) is 3. The third kappa shape index (κ3) is 4.57. The van der Waals surface area contributed by atoms with Crippen LogP contribution in [0, 0.1) is 5.82 Å². The number of aromatic amines is 1. The Morgan fingerprint density at radius 3 is 2.69 bits per heavy atom. The van der Waals surface area contributed by atoms with Gasteiger partial charge in [-0.05, 0) is 44.2 Å². The van der Waals surface area contributed by atoms with Crippen molar-refractivity contribution in [3.8, 4) is 5.88 Å². The molecule has 36 heavy (non-hydrogen) atoms. The van der Waals surface area contributed by atoms with E-state index in [-0.39, 0.29) is 12.5 Å². The van der Waals surface area contributed by atoms with Crippen LogP contribution in [-0.2, 0) is 4.74 Å². The van der Waals surface area contributed by atoms with Crippen molar-refractivity contribution in [2.45, 2.75) is 19.4 Å². The van der Waals surface area contributed by atoms with Gasteiger partial charge >= 0.3 is 0 Å². The molecule has 10 heteroatoms. The number of aromatic hydroxyl groups is 1. The molecule has 3 aromatic rings. The molecule has 0 spiro atoms. The number of hydrogen-bond acceptors (Lipinski definition) is 7. The zero-order valence-electron chi connectivity index (χ0n) is 20.2. The summed E-state index contributed by atoms with van der Waals surface area (Å²) >= 11 is 0. The Morgan fingerprint density at radius 2 is 2.00 bits per heavy atom. The number of fused-ring (bicyclic) bond motifs is 1. The fourth-order valence-electron chi connectivity index (χ4n) is 4.57. The molecule has 1 aromatic carbocycles. The number of nitrogens with one attached hydrogen (secondary N) is 1. The van der Waals surface area contributed by atoms with E-state index in [1.165, 1.54) is 18.3 Å². The van der Waals surface area contributed by atoms with Gasteiger partial charge in [0.05, 0.1) is 29.0 Å². The molecule has 4 heterocycles. The quantitative estimate of drug-likeness (QED) is 0.501. The molecule has 5 rings (SSSR count). The van der Waals surface area contributed by atoms with E-state index in [0.29, 0.717) is 40.0 Å². The number of β-amino-alcohol motifs (C(OH)–C–C–N with tert-alkyl or cyclic N) is 1. The number of nitrogens with zero attached hydrogens (tertiary/aromatic N) is 4. The molecule has 2 aliphatic heterocycles. The van der Waals surface area contributed by atoms with Gasteiger partial charge in [0.25, 0.3) is 5.91 Å². The molecule has 0 radical (unpaired) electrons. The lowest BCUT2D eigenvalue weighted by molar-refractivity contribution is 0.0996. The first kappa shape index (κ1) is 24.0. The predicted molar refractivity (Wildman–Crippen MR) is 135 cm³/mol. The van der Waals surface area contributed by atoms with Gasteiger partial charge in [0.15, 0.2) is 0 Å². The van der Waals surface area contributed by atoms with Crippen molar-refractivity contribution >= 4 is 34.1 Å². The minimum atomic E-state index is -0.914. The summed E-state index contributed by atoms with van der Waals surface area (Å²) in [7, 11) is 0. The summed E-state index contributed by atoms with van der Waals surface area (Å²) in [6.45, 7) is 7.69. The predicted octanol–water partition coefficient (Wildman–Crippen LogP) is 2.95. The largest absolute Gasteiger partial charge is 0.494 e. The molecule has 2 aromatic heterocycles. The molecule has 0 unspecified atom stereocenters. The fraction of sp³-hybridized carbons (Fsp3) is 0.346. The van der Waals surface area contributed by atoms with Gasteiger partial charge < -0.3 is 24.8 Å². The summed E-state index contributed by atoms with van der Waals surface area (Å²) in [5.41, 5.74) is 0.673. The first-order valence-electron chi connectivity index (χ1n) is 11.8. The average Bonchev–Trinajstić information content (AvgIpc) is 3.33. The molecule has 9 nitrogen and oxygen atoms in total. The molecule has 0 saturated carbocycles. The number of aliphatic hydroxyl groups is 1. The van der Waals surface area contributed by atoms with E-state index in [1.807, 2.05) is 6.07 Å². The molecule has 2 aliphatic rings. The molecule has 1 saturated heterocycles. The number of rotatable bonds is 5. The highest BCUT2D eigenvalue weighted by Crippen LogP contribution is 2.40. The second-order valence-electron chi connectivity index (χ2n) is 9.42. The monoisotopic (exact) mass is 493 g/mol. The van der Waals surface area contributed by atoms with Crippen molar-refractivity contribution in [1.29, 1.82) is 0 Å². The SMILES string of the molecule is CC1(C)OC(c2c(O)[nH]c3cc(F)ccc23)=CC1=NC(=O)c1ccc(N2CCN(CCO)CC2)nc1. The van der Waals surface area contributed by atoms with Crippen molar-refractivity contribution in [3.63, 3.8) is 0 Å². The average molecular weight is 494 g/mol. The van der Waals surface area contributed by atoms with Crippen LogP contribution < -0.4 is 4.90 Å². The number of anilines is 1. The maximum Gasteiger partial charge on any atom is 0.278 e. The lowest BCUT2D eigenvalue weighted by atomic mass is 10.0. The maximum atomic E-state index is 13.6. The van der Waals surface area contributed by atoms with Crippen LogP contribution in [0.2, 0.25) is 0 Å². The van der Waals surface area contributed by atoms with E-state index in [0.717, 1.165) is 32.0 Å². The van der Waals surface area contributed by atoms with E-state index < -0.39 is 17.3 Å². The maximum absolute atomic E-state index is 13.6. The summed E-state index contributed by atoms with van der Waals surface area (Å²) < 4.78 is 19.6. The van der Waals surface area contributed by atoms with Crippen LogP contribution in [0.3, 0.4) is 0 Å². The summed E-state index contributed by atoms with van der Waals surface area (Å²) in [5.74, 6) is 0.114. The zero-order valence-corrected chi connectivity index (χ0v) is 20.2. The third-order valence-electron chi connectivity index (χ3n) is 6.57. The number of aliphatic hydroxyl groups excluding tert-OH is 1. The number of aliphatic imine (C=N–C) groups is 1. The van der Waals surface area contributed by atoms with Crippen LogP contribution >= 0.6 is 0 Å². The van der Waals surface area contributed by atoms with Crippen molar-refractivity contribution < 1.29 is 24.1 Å². The number of ether oxygens (including phenoxy) is 1. The summed E-state index contributed by atoms with van der Waals surface area (Å²) in [4.78, 5) is 28.8. The van der Waals surface area contributed by atoms with E-state index in [9.17, 15) is 14.3 Å². The highest BCUT2D eigenvalue weighted by molar-refractivity contribution is 6.16. The van der Waals surface area contributed by atoms with E-state index in [2.05, 4.69) is 24.8 Å². The number of carbonyl (C=O) groups is 1. The van der Waals surface area contributed by atoms with Gasteiger partial charge in [-0.15, -0.1) is 0 Å². The summed E-state index contributed by atoms with van der Waals surface area (Å²) in [6, 6.07) is 7.69. The van der Waals surface area contributed by atoms with Gasteiger partial charge in [0.1, 0.15) is 23.0 Å². The molecule has 0 bridgehead atoms. The van der Waals surface area contributed by atoms with Crippen molar-refractivity contribution in [1.82, 2.24) is 14.9 Å². The van der Waals surface area contributed by atoms with Crippen molar-refractivity contribution in [2.24, 2.45) is 4.99 Å². The Hall–Kier alpha value is -3.76. The Kier molecular flexibility index (Phi) is 6.23. The molecular weight excluding hydrogens is 465 g/mol. The number of pyridine rings is 1. The van der Waals surface area contributed by atoms with Gasteiger partial charge in [0, 0.05) is 50.4 Å². The topological polar surface area (TPSA) is 114 Å². The molecule has 0 atom stereocenters. The van der Waals surface area contributed by atoms with Crippen LogP contribution in [0.1, 0.15) is 29.8 Å². The third-order valence-corrected chi connectivity index (χ3v) is 6.57. The first-order valence-corrected chi connectivity index (χ1v) is 11.8. The van der Waals surface area contributed by atoms with Crippen molar-refractivity contribution in [2.75, 3.05) is 44.2 Å². The Bertz CT molecular complexity index is 1350. The smallest absolute Gasteiger partial charge is 0.278 e. The molecule has 1 fully saturated rings. The van der Waals surface area contributed by atoms with Crippen LogP contribution in [0.5, 0.6) is 5.88 Å². The standard InChI is InChI=1S/C26H28FN5O4/c1-26(2)21(14-20(36-26)23-18-5-4-17(27)13-19(18)29-25(23)35)30-24(34)16-3-6-22(28-15-16)32-9-7-31(8-10-32)11-12-33/h3-6,13-15,29,33,35H,7-12H2,1-2H3. The number of halogens is 1. The van der Waals surface area contributed by atoms with Crippen LogP contribution in [0.4, 0.5) is 10.2 Å². The van der Waals surface area contributed by atoms with Crippen LogP contribution in [-0.4, -0.2) is 81.6 Å². The molecule has 0 aliphatic carbocycles. The van der Waals surface area contributed by atoms with Gasteiger partial charge in [-0.3, -0.25) is 9.69 Å². The molecule has 188 valence electrons. The summed E-state index contributed by atoms with van der Waals surface area (Å²) in [6.07, 6.45) is 3.15. The highest BCUT2D eigenvalue weighted by Gasteiger charge is 2.36. The van der Waals surface area contributed by atoms with Crippen LogP contribution in [0.25, 0.3) is 16.7 Å². The van der Waals surface area contributed by atoms with Crippen molar-refractivity contribution in [3.05, 3.63) is 59.5 Å².